The molecule has 0 aromatic heterocycles. The Morgan fingerprint density at radius 1 is 1.14 bits per heavy atom. The number of hydrogen-bond acceptors (Lipinski definition) is 3. The molecule has 0 saturated carbocycles. The van der Waals surface area contributed by atoms with E-state index in [0.29, 0.717) is 12.3 Å². The third-order valence-electron chi connectivity index (χ3n) is 7.54. The summed E-state index contributed by atoms with van der Waals surface area (Å²) >= 11 is 0. The number of benzene rings is 2. The van der Waals surface area contributed by atoms with Crippen LogP contribution in [-0.2, 0) is 4.79 Å². The number of nitrogens with zero attached hydrogens (tertiary/aromatic N) is 1. The Morgan fingerprint density at radius 3 is 2.56 bits per heavy atom. The standard InChI is InChI=1S/C31H36FN3O/c1-20-26-19-33-35(25-14-12-24(32)13-15-25)28(26)17-23-11-10-22(30(20)23)16-27(21-8-6-5-7-9-21)34-29(36)18-31(2,3)4/h5-9,12-15,17,19-20,22,27,33H,10-11,16,18H2,1-4H3,(H,34,36)/t20-,22+,27?/m0/s1. The van der Waals surface area contributed by atoms with Gasteiger partial charge in [0.05, 0.1) is 17.4 Å². The first-order valence-corrected chi connectivity index (χ1v) is 13.0. The predicted octanol–water partition coefficient (Wildman–Crippen LogP) is 6.96. The highest BCUT2D eigenvalue weighted by Crippen LogP contribution is 2.49. The first-order chi connectivity index (χ1) is 17.2. The van der Waals surface area contributed by atoms with Crippen LogP contribution in [0.3, 0.4) is 0 Å². The van der Waals surface area contributed by atoms with Crippen LogP contribution in [0.25, 0.3) is 0 Å². The molecule has 188 valence electrons. The van der Waals surface area contributed by atoms with Gasteiger partial charge in [0.15, 0.2) is 0 Å². The number of amides is 1. The van der Waals surface area contributed by atoms with Crippen LogP contribution in [0, 0.1) is 23.1 Å². The SMILES string of the molecule is C[C@H]1C2=CNN(c3ccc(F)cc3)C2=CC2=C1[C@@H](CC(NC(=O)CC(C)(C)C)c1ccccc1)CC2. The largest absolute Gasteiger partial charge is 0.349 e. The molecule has 0 spiro atoms. The predicted molar refractivity (Wildman–Crippen MR) is 143 cm³/mol. The Bertz CT molecular complexity index is 1220. The fourth-order valence-corrected chi connectivity index (χ4v) is 5.94. The van der Waals surface area contributed by atoms with Crippen LogP contribution in [0.15, 0.2) is 89.3 Å². The fraction of sp³-hybridized carbons (Fsp3) is 0.387. The van der Waals surface area contributed by atoms with Crippen LogP contribution in [0.4, 0.5) is 10.1 Å². The van der Waals surface area contributed by atoms with Gasteiger partial charge in [-0.05, 0) is 72.1 Å². The van der Waals surface area contributed by atoms with E-state index >= 15 is 0 Å². The lowest BCUT2D eigenvalue weighted by atomic mass is 9.78. The van der Waals surface area contributed by atoms with Crippen molar-refractivity contribution in [3.8, 4) is 0 Å². The molecule has 36 heavy (non-hydrogen) atoms. The molecule has 0 saturated heterocycles. The highest BCUT2D eigenvalue weighted by Gasteiger charge is 2.39. The molecular formula is C31H36FN3O. The molecular weight excluding hydrogens is 449 g/mol. The Kier molecular flexibility index (Phi) is 6.50. The number of carbonyl (C=O) groups is 1. The van der Waals surface area contributed by atoms with Gasteiger partial charge in [-0.25, -0.2) is 4.39 Å². The normalized spacial score (nSPS) is 21.9. The summed E-state index contributed by atoms with van der Waals surface area (Å²) in [6.45, 7) is 8.59. The fourth-order valence-electron chi connectivity index (χ4n) is 5.94. The molecule has 5 heteroatoms. The molecule has 1 unspecified atom stereocenters. The van der Waals surface area contributed by atoms with Gasteiger partial charge < -0.3 is 10.7 Å². The lowest BCUT2D eigenvalue weighted by Crippen LogP contribution is -2.33. The summed E-state index contributed by atoms with van der Waals surface area (Å²) in [5.41, 5.74) is 10.7. The van der Waals surface area contributed by atoms with Gasteiger partial charge in [-0.15, -0.1) is 0 Å². The van der Waals surface area contributed by atoms with Crippen molar-refractivity contribution in [2.45, 2.75) is 59.4 Å². The number of hydrogen-bond donors (Lipinski definition) is 2. The van der Waals surface area contributed by atoms with Crippen LogP contribution in [-0.4, -0.2) is 5.91 Å². The van der Waals surface area contributed by atoms with Crippen LogP contribution < -0.4 is 15.8 Å². The van der Waals surface area contributed by atoms with Crippen LogP contribution >= 0.6 is 0 Å². The number of halogens is 1. The van der Waals surface area contributed by atoms with E-state index < -0.39 is 0 Å². The number of allylic oxidation sites excluding steroid dienone is 4. The number of hydrazine groups is 1. The summed E-state index contributed by atoms with van der Waals surface area (Å²) in [5, 5.41) is 5.41. The zero-order chi connectivity index (χ0) is 25.4. The van der Waals surface area contributed by atoms with Crippen molar-refractivity contribution in [1.29, 1.82) is 0 Å². The summed E-state index contributed by atoms with van der Waals surface area (Å²) in [6, 6.07) is 17.0. The van der Waals surface area contributed by atoms with Gasteiger partial charge in [0.25, 0.3) is 0 Å². The second-order valence-electron chi connectivity index (χ2n) is 11.5. The average Bonchev–Trinajstić information content (AvgIpc) is 3.44. The molecule has 2 N–H and O–H groups in total. The van der Waals surface area contributed by atoms with Gasteiger partial charge in [0, 0.05) is 24.1 Å². The molecule has 0 bridgehead atoms. The molecule has 0 fully saturated rings. The highest BCUT2D eigenvalue weighted by molar-refractivity contribution is 5.77. The van der Waals surface area contributed by atoms with Gasteiger partial charge in [-0.2, -0.15) is 0 Å². The third-order valence-corrected chi connectivity index (χ3v) is 7.54. The molecule has 1 amide bonds. The summed E-state index contributed by atoms with van der Waals surface area (Å²) in [5.74, 6) is 0.573. The maximum absolute atomic E-state index is 13.5. The van der Waals surface area contributed by atoms with Gasteiger partial charge in [0.2, 0.25) is 5.91 Å². The second kappa shape index (κ2) is 9.61. The number of rotatable bonds is 6. The summed E-state index contributed by atoms with van der Waals surface area (Å²) in [7, 11) is 0. The van der Waals surface area contributed by atoms with Crippen molar-refractivity contribution in [2.75, 3.05) is 5.01 Å². The molecule has 3 aliphatic rings. The molecule has 4 nitrogen and oxygen atoms in total. The molecule has 5 rings (SSSR count). The first-order valence-electron chi connectivity index (χ1n) is 13.0. The molecule has 2 aromatic carbocycles. The Labute approximate surface area is 213 Å². The van der Waals surface area contributed by atoms with E-state index in [0.717, 1.165) is 36.2 Å². The minimum Gasteiger partial charge on any atom is -0.349 e. The lowest BCUT2D eigenvalue weighted by molar-refractivity contribution is -0.123. The Hall–Kier alpha value is -3.34. The quantitative estimate of drug-likeness (QED) is 0.465. The van der Waals surface area contributed by atoms with E-state index in [1.807, 2.05) is 11.1 Å². The Morgan fingerprint density at radius 2 is 1.86 bits per heavy atom. The topological polar surface area (TPSA) is 44.4 Å². The maximum atomic E-state index is 13.5. The van der Waals surface area contributed by atoms with Crippen molar-refractivity contribution in [2.24, 2.45) is 17.3 Å². The number of carbonyl (C=O) groups excluding carboxylic acids is 1. The van der Waals surface area contributed by atoms with Gasteiger partial charge in [-0.3, -0.25) is 9.80 Å². The minimum absolute atomic E-state index is 0.0122. The van der Waals surface area contributed by atoms with Gasteiger partial charge >= 0.3 is 0 Å². The van der Waals surface area contributed by atoms with Crippen molar-refractivity contribution < 1.29 is 9.18 Å². The molecule has 1 aliphatic heterocycles. The van der Waals surface area contributed by atoms with E-state index in [1.165, 1.54) is 28.9 Å². The van der Waals surface area contributed by atoms with E-state index in [1.54, 1.807) is 12.1 Å². The van der Waals surface area contributed by atoms with Crippen molar-refractivity contribution in [1.82, 2.24) is 10.7 Å². The smallest absolute Gasteiger partial charge is 0.221 e. The van der Waals surface area contributed by atoms with E-state index in [4.69, 9.17) is 0 Å². The summed E-state index contributed by atoms with van der Waals surface area (Å²) in [6.07, 6.45) is 7.92. The highest BCUT2D eigenvalue weighted by atomic mass is 19.1. The maximum Gasteiger partial charge on any atom is 0.221 e. The molecule has 3 atom stereocenters. The minimum atomic E-state index is -0.233. The molecule has 2 aromatic rings. The summed E-state index contributed by atoms with van der Waals surface area (Å²) < 4.78 is 13.5. The van der Waals surface area contributed by atoms with Crippen molar-refractivity contribution in [3.63, 3.8) is 0 Å². The van der Waals surface area contributed by atoms with Crippen LogP contribution in [0.5, 0.6) is 0 Å². The molecule has 2 aliphatic carbocycles. The number of anilines is 1. The van der Waals surface area contributed by atoms with Crippen molar-refractivity contribution in [3.05, 3.63) is 101 Å². The first kappa shape index (κ1) is 24.4. The zero-order valence-corrected chi connectivity index (χ0v) is 21.6. The second-order valence-corrected chi connectivity index (χ2v) is 11.5. The van der Waals surface area contributed by atoms with Crippen LogP contribution in [0.2, 0.25) is 0 Å². The third kappa shape index (κ3) is 4.97. The number of nitrogens with one attached hydrogen (secondary N) is 2. The summed E-state index contributed by atoms with van der Waals surface area (Å²) in [4.78, 5) is 12.9. The average molecular weight is 486 g/mol. The monoisotopic (exact) mass is 485 g/mol. The lowest BCUT2D eigenvalue weighted by Gasteiger charge is -2.31. The zero-order valence-electron chi connectivity index (χ0n) is 21.6. The molecule has 0 radical (unpaired) electrons. The molecule has 1 heterocycles. The Balaban J connectivity index is 1.40. The van der Waals surface area contributed by atoms with Crippen LogP contribution in [0.1, 0.15) is 65.0 Å². The number of fused-ring (bicyclic) bond motifs is 1. The van der Waals surface area contributed by atoms with E-state index in [-0.39, 0.29) is 29.1 Å². The van der Waals surface area contributed by atoms with E-state index in [2.05, 4.69) is 75.0 Å². The van der Waals surface area contributed by atoms with E-state index in [9.17, 15) is 9.18 Å². The van der Waals surface area contributed by atoms with Gasteiger partial charge in [0.1, 0.15) is 5.82 Å². The van der Waals surface area contributed by atoms with Crippen molar-refractivity contribution >= 4 is 11.6 Å². The van der Waals surface area contributed by atoms with Gasteiger partial charge in [-0.1, -0.05) is 63.6 Å².